The summed E-state index contributed by atoms with van der Waals surface area (Å²) in [5.41, 5.74) is 0. The molecule has 0 aliphatic heterocycles. The largest absolute Gasteiger partial charge is 0.472 e. The third-order valence-corrected chi connectivity index (χ3v) is 13.8. The SMILES string of the molecule is CC/C=C\C/C=C\C/C=C\C/C=C\C/C=C\C/C=C\CCC(=O)OCC(COP(=O)(O)OCC(CO)OC(=O)CCCCCCCCCCCCC)OC(=O)CCCCCCCCCCC/C=C\CCCCCCCC. The quantitative estimate of drug-likeness (QED) is 0.0197. The predicted molar refractivity (Wildman–Crippen MR) is 316 cm³/mol. The highest BCUT2D eigenvalue weighted by molar-refractivity contribution is 7.47. The van der Waals surface area contributed by atoms with Crippen LogP contribution in [-0.4, -0.2) is 66.5 Å². The topological polar surface area (TPSA) is 155 Å². The van der Waals surface area contributed by atoms with Gasteiger partial charge in [-0.1, -0.05) is 247 Å². The molecule has 3 unspecified atom stereocenters. The molecule has 0 heterocycles. The van der Waals surface area contributed by atoms with Crippen molar-refractivity contribution in [2.45, 2.75) is 277 Å². The first-order chi connectivity index (χ1) is 37.2. The van der Waals surface area contributed by atoms with E-state index in [-0.39, 0.29) is 25.9 Å². The molecule has 11 nitrogen and oxygen atoms in total. The molecule has 0 saturated carbocycles. The lowest BCUT2D eigenvalue weighted by Gasteiger charge is -2.21. The standard InChI is InChI=1S/C64H111O11P/c1-4-7-10-13-16-19-22-24-26-28-30-32-34-36-39-41-44-47-50-53-62(66)71-57-61(75-64(68)55-52-49-46-43-40-37-35-33-31-29-27-25-23-20-17-14-11-8-5-2)59-73-76(69,70)72-58-60(56-65)74-63(67)54-51-48-45-42-38-21-18-15-12-9-6-3/h7,10,16,19,24-27,30,32,36,39,44,47,60-61,65H,4-6,8-9,11-15,17-18,20-23,28-29,31,33-35,37-38,40-43,45-46,48-59H2,1-3H3,(H,69,70)/b10-7-,19-16-,26-24-,27-25-,32-30-,39-36-,47-44-. The third-order valence-electron chi connectivity index (χ3n) is 12.8. The van der Waals surface area contributed by atoms with E-state index in [1.807, 2.05) is 12.2 Å². The van der Waals surface area contributed by atoms with Gasteiger partial charge in [0.05, 0.1) is 19.8 Å². The Bertz CT molecular complexity index is 1600. The van der Waals surface area contributed by atoms with Crippen molar-refractivity contribution in [3.63, 3.8) is 0 Å². The van der Waals surface area contributed by atoms with Crippen LogP contribution in [0.25, 0.3) is 0 Å². The number of allylic oxidation sites excluding steroid dienone is 14. The number of phosphoric acid groups is 1. The Morgan fingerprint density at radius 1 is 0.382 bits per heavy atom. The van der Waals surface area contributed by atoms with Gasteiger partial charge in [0.2, 0.25) is 0 Å². The first-order valence-corrected chi connectivity index (χ1v) is 32.0. The van der Waals surface area contributed by atoms with Crippen molar-refractivity contribution < 1.29 is 52.2 Å². The summed E-state index contributed by atoms with van der Waals surface area (Å²) in [5, 5.41) is 9.81. The Balaban J connectivity index is 4.81. The molecule has 0 aromatic carbocycles. The lowest BCUT2D eigenvalue weighted by Crippen LogP contribution is -2.30. The maximum Gasteiger partial charge on any atom is 0.472 e. The summed E-state index contributed by atoms with van der Waals surface area (Å²) in [7, 11) is -4.77. The maximum atomic E-state index is 12.9. The van der Waals surface area contributed by atoms with Crippen LogP contribution in [0.4, 0.5) is 0 Å². The average Bonchev–Trinajstić information content (AvgIpc) is 3.41. The number of aliphatic hydroxyl groups excluding tert-OH is 1. The van der Waals surface area contributed by atoms with E-state index in [0.717, 1.165) is 77.0 Å². The van der Waals surface area contributed by atoms with Gasteiger partial charge in [0.15, 0.2) is 6.10 Å². The number of aliphatic hydroxyl groups is 1. The van der Waals surface area contributed by atoms with Gasteiger partial charge in [-0.05, 0) is 83.5 Å². The van der Waals surface area contributed by atoms with E-state index in [9.17, 15) is 28.9 Å². The molecule has 0 bridgehead atoms. The first-order valence-electron chi connectivity index (χ1n) is 30.5. The molecular formula is C64H111O11P. The molecule has 438 valence electrons. The van der Waals surface area contributed by atoms with Crippen LogP contribution in [-0.2, 0) is 42.2 Å². The minimum atomic E-state index is -4.77. The summed E-state index contributed by atoms with van der Waals surface area (Å²) in [6.07, 6.45) is 67.0. The van der Waals surface area contributed by atoms with Crippen LogP contribution in [0, 0.1) is 0 Å². The number of carbonyl (C=O) groups is 3. The zero-order chi connectivity index (χ0) is 55.5. The number of phosphoric ester groups is 1. The molecule has 0 aliphatic carbocycles. The molecule has 0 radical (unpaired) electrons. The van der Waals surface area contributed by atoms with E-state index in [2.05, 4.69) is 93.7 Å². The normalized spacial score (nSPS) is 13.9. The van der Waals surface area contributed by atoms with Crippen molar-refractivity contribution in [1.82, 2.24) is 0 Å². The summed E-state index contributed by atoms with van der Waals surface area (Å²) >= 11 is 0. The molecule has 0 amide bonds. The summed E-state index contributed by atoms with van der Waals surface area (Å²) in [6, 6.07) is 0. The van der Waals surface area contributed by atoms with Gasteiger partial charge in [-0.3, -0.25) is 23.4 Å². The first kappa shape index (κ1) is 72.7. The van der Waals surface area contributed by atoms with E-state index in [4.69, 9.17) is 23.3 Å². The smallest absolute Gasteiger partial charge is 0.462 e. The van der Waals surface area contributed by atoms with Gasteiger partial charge in [0.25, 0.3) is 0 Å². The molecule has 0 saturated heterocycles. The number of hydrogen-bond donors (Lipinski definition) is 2. The minimum Gasteiger partial charge on any atom is -0.462 e. The van der Waals surface area contributed by atoms with Gasteiger partial charge >= 0.3 is 25.7 Å². The monoisotopic (exact) mass is 1090 g/mol. The maximum absolute atomic E-state index is 12.9. The van der Waals surface area contributed by atoms with Gasteiger partial charge in [-0.2, -0.15) is 0 Å². The van der Waals surface area contributed by atoms with Crippen molar-refractivity contribution in [3.8, 4) is 0 Å². The summed E-state index contributed by atoms with van der Waals surface area (Å²) in [5.74, 6) is -1.56. The van der Waals surface area contributed by atoms with Gasteiger partial charge in [0, 0.05) is 19.3 Å². The summed E-state index contributed by atoms with van der Waals surface area (Å²) in [4.78, 5) is 48.6. The van der Waals surface area contributed by atoms with Crippen LogP contribution in [0.5, 0.6) is 0 Å². The highest BCUT2D eigenvalue weighted by Gasteiger charge is 2.28. The number of esters is 3. The molecule has 0 spiro atoms. The zero-order valence-corrected chi connectivity index (χ0v) is 49.3. The van der Waals surface area contributed by atoms with Gasteiger partial charge < -0.3 is 24.2 Å². The van der Waals surface area contributed by atoms with Crippen molar-refractivity contribution in [2.24, 2.45) is 0 Å². The average molecular weight is 1090 g/mol. The van der Waals surface area contributed by atoms with Crippen LogP contribution in [0.15, 0.2) is 85.1 Å². The van der Waals surface area contributed by atoms with Crippen LogP contribution < -0.4 is 0 Å². The molecule has 0 aromatic rings. The molecular weight excluding hydrogens is 976 g/mol. The molecule has 0 aliphatic rings. The Morgan fingerprint density at radius 2 is 0.711 bits per heavy atom. The summed E-state index contributed by atoms with van der Waals surface area (Å²) in [6.45, 7) is 4.45. The Labute approximate surface area is 464 Å². The molecule has 12 heteroatoms. The predicted octanol–water partition coefficient (Wildman–Crippen LogP) is 18.3. The molecule has 3 atom stereocenters. The fraction of sp³-hybridized carbons (Fsp3) is 0.734. The van der Waals surface area contributed by atoms with Crippen molar-refractivity contribution in [2.75, 3.05) is 26.4 Å². The fourth-order valence-corrected chi connectivity index (χ4v) is 8.99. The minimum absolute atomic E-state index is 0.0997. The lowest BCUT2D eigenvalue weighted by molar-refractivity contribution is -0.161. The number of rotatable bonds is 56. The van der Waals surface area contributed by atoms with Crippen LogP contribution in [0.2, 0.25) is 0 Å². The van der Waals surface area contributed by atoms with Crippen LogP contribution >= 0.6 is 7.82 Å². The van der Waals surface area contributed by atoms with Crippen LogP contribution in [0.3, 0.4) is 0 Å². The highest BCUT2D eigenvalue weighted by Crippen LogP contribution is 2.43. The second-order valence-corrected chi connectivity index (χ2v) is 21.6. The van der Waals surface area contributed by atoms with E-state index in [0.29, 0.717) is 19.3 Å². The number of unbranched alkanes of at least 4 members (excludes halogenated alkanes) is 25. The van der Waals surface area contributed by atoms with Gasteiger partial charge in [-0.15, -0.1) is 0 Å². The number of hydrogen-bond acceptors (Lipinski definition) is 10. The van der Waals surface area contributed by atoms with E-state index in [1.54, 1.807) is 0 Å². The Hall–Kier alpha value is -3.34. The molecule has 0 rings (SSSR count). The van der Waals surface area contributed by atoms with Crippen molar-refractivity contribution >= 4 is 25.7 Å². The van der Waals surface area contributed by atoms with Crippen molar-refractivity contribution in [3.05, 3.63) is 85.1 Å². The second kappa shape index (κ2) is 57.8. The molecule has 76 heavy (non-hydrogen) atoms. The van der Waals surface area contributed by atoms with Gasteiger partial charge in [0.1, 0.15) is 12.7 Å². The number of ether oxygens (including phenoxy) is 3. The second-order valence-electron chi connectivity index (χ2n) is 20.1. The zero-order valence-electron chi connectivity index (χ0n) is 48.5. The van der Waals surface area contributed by atoms with E-state index < -0.39 is 57.8 Å². The third kappa shape index (κ3) is 55.4. The van der Waals surface area contributed by atoms with Crippen LogP contribution in [0.1, 0.15) is 265 Å². The Kier molecular flexibility index (Phi) is 55.3. The Morgan fingerprint density at radius 3 is 1.11 bits per heavy atom. The fourth-order valence-electron chi connectivity index (χ4n) is 8.20. The lowest BCUT2D eigenvalue weighted by atomic mass is 10.1. The molecule has 2 N–H and O–H groups in total. The molecule has 0 aromatic heterocycles. The van der Waals surface area contributed by atoms with E-state index >= 15 is 0 Å². The number of carbonyl (C=O) groups excluding carboxylic acids is 3. The van der Waals surface area contributed by atoms with Crippen molar-refractivity contribution in [1.29, 1.82) is 0 Å². The van der Waals surface area contributed by atoms with Gasteiger partial charge in [-0.25, -0.2) is 4.57 Å². The molecule has 0 fully saturated rings. The van der Waals surface area contributed by atoms with E-state index in [1.165, 1.54) is 128 Å². The summed E-state index contributed by atoms with van der Waals surface area (Å²) < 4.78 is 39.5. The highest BCUT2D eigenvalue weighted by atomic mass is 31.2.